The summed E-state index contributed by atoms with van der Waals surface area (Å²) in [5, 5.41) is 10.4. The second-order valence-electron chi connectivity index (χ2n) is 5.91. The minimum absolute atomic E-state index is 0.113. The van der Waals surface area contributed by atoms with E-state index in [1.807, 2.05) is 84.9 Å². The molecule has 1 N–H and O–H groups in total. The van der Waals surface area contributed by atoms with Crippen LogP contribution in [0.15, 0.2) is 89.9 Å². The maximum atomic E-state index is 10.4. The number of fused-ring (bicyclic) bond motifs is 1. The summed E-state index contributed by atoms with van der Waals surface area (Å²) in [7, 11) is 0. The Morgan fingerprint density at radius 2 is 1.44 bits per heavy atom. The lowest BCUT2D eigenvalue weighted by atomic mass is 10.2. The van der Waals surface area contributed by atoms with Crippen molar-refractivity contribution >= 4 is 22.9 Å². The van der Waals surface area contributed by atoms with Crippen LogP contribution in [-0.4, -0.2) is 24.3 Å². The Hall–Kier alpha value is -2.95. The Balaban J connectivity index is 1.76. The minimum Gasteiger partial charge on any atom is -0.481 e. The molecular formula is C21H19N2O2+. The Morgan fingerprint density at radius 1 is 0.800 bits per heavy atom. The van der Waals surface area contributed by atoms with Crippen molar-refractivity contribution in [3.63, 3.8) is 0 Å². The third kappa shape index (κ3) is 2.61. The number of quaternary nitrogens is 1. The van der Waals surface area contributed by atoms with Crippen LogP contribution in [0.1, 0.15) is 0 Å². The van der Waals surface area contributed by atoms with Gasteiger partial charge in [-0.25, -0.2) is 0 Å². The topological polar surface area (TPSA) is 41.8 Å². The standard InChI is InChI=1S/C21H19N2O2/c24-16-23(17-9-3-1-4-10-17)20-14-8-7-13-19(20)22-21(23)15-25-18-11-5-2-6-12-18/h1-14,24H,15-16H2/q+1/t23-/m1/s1. The molecule has 1 aliphatic rings. The number of aliphatic imine (C=N–C) groups is 1. The second kappa shape index (κ2) is 6.51. The number of ether oxygens (including phenoxy) is 1. The Labute approximate surface area is 146 Å². The smallest absolute Gasteiger partial charge is 0.254 e. The van der Waals surface area contributed by atoms with E-state index < -0.39 is 0 Å². The molecule has 0 spiro atoms. The zero-order chi connectivity index (χ0) is 17.1. The van der Waals surface area contributed by atoms with Gasteiger partial charge < -0.3 is 9.84 Å². The van der Waals surface area contributed by atoms with Gasteiger partial charge in [-0.2, -0.15) is 9.48 Å². The van der Waals surface area contributed by atoms with E-state index in [2.05, 4.69) is 0 Å². The molecule has 124 valence electrons. The summed E-state index contributed by atoms with van der Waals surface area (Å²) in [6.07, 6.45) is 0. The lowest BCUT2D eigenvalue weighted by Gasteiger charge is -2.32. The maximum absolute atomic E-state index is 10.4. The molecule has 0 saturated heterocycles. The average molecular weight is 331 g/mol. The van der Waals surface area contributed by atoms with E-state index >= 15 is 0 Å². The molecule has 0 radical (unpaired) electrons. The van der Waals surface area contributed by atoms with Gasteiger partial charge in [0.15, 0.2) is 19.0 Å². The van der Waals surface area contributed by atoms with E-state index in [1.54, 1.807) is 0 Å². The van der Waals surface area contributed by atoms with Crippen molar-refractivity contribution in [1.82, 2.24) is 4.48 Å². The first-order chi connectivity index (χ1) is 12.3. The predicted molar refractivity (Wildman–Crippen MR) is 100 cm³/mol. The molecule has 0 aromatic heterocycles. The third-order valence-electron chi connectivity index (χ3n) is 4.50. The van der Waals surface area contributed by atoms with Crippen molar-refractivity contribution in [2.45, 2.75) is 0 Å². The zero-order valence-corrected chi connectivity index (χ0v) is 13.7. The Morgan fingerprint density at radius 3 is 2.16 bits per heavy atom. The molecule has 0 bridgehead atoms. The summed E-state index contributed by atoms with van der Waals surface area (Å²) >= 11 is 0. The fraction of sp³-hybridized carbons (Fsp3) is 0.0952. The van der Waals surface area contributed by atoms with Crippen molar-refractivity contribution in [3.8, 4) is 5.75 Å². The van der Waals surface area contributed by atoms with Crippen LogP contribution in [0.4, 0.5) is 17.1 Å². The minimum atomic E-state index is -0.113. The normalized spacial score (nSPS) is 18.5. The number of rotatable bonds is 5. The summed E-state index contributed by atoms with van der Waals surface area (Å²) in [6.45, 7) is 0.187. The highest BCUT2D eigenvalue weighted by atomic mass is 16.5. The molecule has 25 heavy (non-hydrogen) atoms. The van der Waals surface area contributed by atoms with Crippen molar-refractivity contribution in [2.75, 3.05) is 13.3 Å². The first kappa shape index (κ1) is 15.6. The van der Waals surface area contributed by atoms with Gasteiger partial charge in [0.25, 0.3) is 5.84 Å². The summed E-state index contributed by atoms with van der Waals surface area (Å²) in [6, 6.07) is 27.5. The molecule has 3 aromatic rings. The predicted octanol–water partition coefficient (Wildman–Crippen LogP) is 4.40. The van der Waals surface area contributed by atoms with Gasteiger partial charge in [-0.05, 0) is 18.2 Å². The molecule has 4 heteroatoms. The molecule has 4 rings (SSSR count). The fourth-order valence-electron chi connectivity index (χ4n) is 3.26. The molecular weight excluding hydrogens is 312 g/mol. The third-order valence-corrected chi connectivity index (χ3v) is 4.50. The molecule has 0 unspecified atom stereocenters. The Bertz CT molecular complexity index is 894. The van der Waals surface area contributed by atoms with Gasteiger partial charge >= 0.3 is 0 Å². The number of aliphatic hydroxyl groups excluding tert-OH is 1. The quantitative estimate of drug-likeness (QED) is 0.704. The van der Waals surface area contributed by atoms with Crippen molar-refractivity contribution in [2.24, 2.45) is 4.99 Å². The molecule has 0 amide bonds. The summed E-state index contributed by atoms with van der Waals surface area (Å²) in [5.74, 6) is 1.55. The van der Waals surface area contributed by atoms with Gasteiger partial charge in [0.1, 0.15) is 17.1 Å². The number of hydrogen-bond donors (Lipinski definition) is 1. The summed E-state index contributed by atoms with van der Waals surface area (Å²) < 4.78 is 6.11. The lowest BCUT2D eigenvalue weighted by Crippen LogP contribution is -2.50. The second-order valence-corrected chi connectivity index (χ2v) is 5.91. The van der Waals surface area contributed by atoms with E-state index in [-0.39, 0.29) is 11.2 Å². The first-order valence-electron chi connectivity index (χ1n) is 8.25. The molecule has 3 aromatic carbocycles. The summed E-state index contributed by atoms with van der Waals surface area (Å²) in [5.41, 5.74) is 2.79. The van der Waals surface area contributed by atoms with Crippen LogP contribution in [0, 0.1) is 0 Å². The van der Waals surface area contributed by atoms with Gasteiger partial charge in [-0.3, -0.25) is 0 Å². The number of hydrogen-bond acceptors (Lipinski definition) is 3. The highest BCUT2D eigenvalue weighted by Gasteiger charge is 2.45. The molecule has 4 nitrogen and oxygen atoms in total. The van der Waals surface area contributed by atoms with Crippen molar-refractivity contribution in [3.05, 3.63) is 84.9 Å². The number of amidine groups is 1. The average Bonchev–Trinajstić information content (AvgIpc) is 3.02. The molecule has 1 aliphatic heterocycles. The van der Waals surface area contributed by atoms with Gasteiger partial charge in [0.2, 0.25) is 0 Å². The van der Waals surface area contributed by atoms with Crippen LogP contribution in [0.5, 0.6) is 5.75 Å². The Kier molecular flexibility index (Phi) is 4.06. The van der Waals surface area contributed by atoms with Gasteiger partial charge in [-0.15, -0.1) is 0 Å². The zero-order valence-electron chi connectivity index (χ0n) is 13.7. The van der Waals surface area contributed by atoms with E-state index in [9.17, 15) is 5.11 Å². The molecule has 0 fully saturated rings. The van der Waals surface area contributed by atoms with Gasteiger partial charge in [0.05, 0.1) is 0 Å². The van der Waals surface area contributed by atoms with Crippen LogP contribution in [0.2, 0.25) is 0 Å². The van der Waals surface area contributed by atoms with Gasteiger partial charge in [0, 0.05) is 18.2 Å². The fourth-order valence-corrected chi connectivity index (χ4v) is 3.26. The number of para-hydroxylation sites is 4. The van der Waals surface area contributed by atoms with Crippen LogP contribution < -0.4 is 9.22 Å². The molecule has 0 saturated carbocycles. The maximum Gasteiger partial charge on any atom is 0.254 e. The number of nitrogens with zero attached hydrogens (tertiary/aromatic N) is 2. The van der Waals surface area contributed by atoms with E-state index in [0.29, 0.717) is 6.61 Å². The molecule has 1 heterocycles. The summed E-state index contributed by atoms with van der Waals surface area (Å²) in [4.78, 5) is 4.77. The van der Waals surface area contributed by atoms with Crippen LogP contribution >= 0.6 is 0 Å². The number of benzene rings is 3. The molecule has 1 atom stereocenters. The van der Waals surface area contributed by atoms with Crippen molar-refractivity contribution in [1.29, 1.82) is 0 Å². The van der Waals surface area contributed by atoms with Crippen LogP contribution in [0.3, 0.4) is 0 Å². The lowest BCUT2D eigenvalue weighted by molar-refractivity contribution is 0.206. The molecule has 0 aliphatic carbocycles. The van der Waals surface area contributed by atoms with Crippen molar-refractivity contribution < 1.29 is 9.84 Å². The van der Waals surface area contributed by atoms with Crippen LogP contribution in [-0.2, 0) is 0 Å². The largest absolute Gasteiger partial charge is 0.481 e. The SMILES string of the molecule is OC[N@+]1(c2ccccc2)C(COc2ccccc2)=Nc2ccccc21. The van der Waals surface area contributed by atoms with Crippen LogP contribution in [0.25, 0.3) is 0 Å². The van der Waals surface area contributed by atoms with E-state index in [4.69, 9.17) is 9.73 Å². The van der Waals surface area contributed by atoms with Gasteiger partial charge in [-0.1, -0.05) is 48.5 Å². The first-order valence-corrected chi connectivity index (χ1v) is 8.25. The van der Waals surface area contributed by atoms with E-state index in [0.717, 1.165) is 28.6 Å². The highest BCUT2D eigenvalue weighted by molar-refractivity contribution is 6.07. The van der Waals surface area contributed by atoms with E-state index in [1.165, 1.54) is 0 Å². The monoisotopic (exact) mass is 331 g/mol. The number of aliphatic hydroxyl groups is 1. The highest BCUT2D eigenvalue weighted by Crippen LogP contribution is 2.46.